The van der Waals surface area contributed by atoms with Gasteiger partial charge in [0.05, 0.1) is 11.4 Å². The summed E-state index contributed by atoms with van der Waals surface area (Å²) in [5.74, 6) is 0. The molecule has 1 saturated heterocycles. The van der Waals surface area contributed by atoms with E-state index in [1.165, 1.54) is 0 Å². The lowest BCUT2D eigenvalue weighted by molar-refractivity contribution is -0.0384. The minimum absolute atomic E-state index is 0.00806. The molecule has 1 aliphatic heterocycles. The van der Waals surface area contributed by atoms with Crippen LogP contribution in [-0.2, 0) is 4.74 Å². The molecule has 1 fully saturated rings. The maximum Gasteiger partial charge on any atom is 0.151 e. The molecular formula is C14H15N3O2. The third-order valence-electron chi connectivity index (χ3n) is 3.28. The number of hydrogen-bond donors (Lipinski definition) is 0. The Kier molecular flexibility index (Phi) is 3.37. The largest absolute Gasteiger partial charge is 0.356 e. The monoisotopic (exact) mass is 257 g/mol. The molecule has 2 aromatic heterocycles. The number of pyridine rings is 1. The molecular weight excluding hydrogens is 242 g/mol. The van der Waals surface area contributed by atoms with Gasteiger partial charge >= 0.3 is 0 Å². The Hall–Kier alpha value is -2.01. The molecule has 19 heavy (non-hydrogen) atoms. The molecule has 0 N–H and O–H groups in total. The zero-order valence-corrected chi connectivity index (χ0v) is 10.5. The Bertz CT molecular complexity index is 556. The summed E-state index contributed by atoms with van der Waals surface area (Å²) in [6, 6.07) is 5.51. The molecule has 0 amide bonds. The van der Waals surface area contributed by atoms with Gasteiger partial charge < -0.3 is 4.74 Å². The summed E-state index contributed by atoms with van der Waals surface area (Å²) in [6.45, 7) is 0.779. The predicted octanol–water partition coefficient (Wildman–Crippen LogP) is 2.46. The average Bonchev–Trinajstić information content (AvgIpc) is 2.98. The fourth-order valence-corrected chi connectivity index (χ4v) is 2.29. The van der Waals surface area contributed by atoms with Crippen LogP contribution >= 0.6 is 0 Å². The summed E-state index contributed by atoms with van der Waals surface area (Å²) < 4.78 is 7.62. The lowest BCUT2D eigenvalue weighted by atomic mass is 10.2. The number of aldehydes is 1. The van der Waals surface area contributed by atoms with Crippen LogP contribution in [0.2, 0.25) is 0 Å². The van der Waals surface area contributed by atoms with Gasteiger partial charge in [0, 0.05) is 24.6 Å². The molecule has 3 rings (SSSR count). The Labute approximate surface area is 111 Å². The normalized spacial score (nSPS) is 19.3. The first kappa shape index (κ1) is 12.0. The fraction of sp³-hybridized carbons (Fsp3) is 0.357. The van der Waals surface area contributed by atoms with Gasteiger partial charge in [-0.25, -0.2) is 4.68 Å². The smallest absolute Gasteiger partial charge is 0.151 e. The van der Waals surface area contributed by atoms with Gasteiger partial charge in [-0.2, -0.15) is 5.10 Å². The van der Waals surface area contributed by atoms with Crippen molar-refractivity contribution in [2.24, 2.45) is 0 Å². The molecule has 2 aromatic rings. The van der Waals surface area contributed by atoms with E-state index in [9.17, 15) is 4.79 Å². The first-order chi connectivity index (χ1) is 9.38. The molecule has 98 valence electrons. The second-order valence-corrected chi connectivity index (χ2v) is 4.58. The van der Waals surface area contributed by atoms with Crippen molar-refractivity contribution in [3.05, 3.63) is 36.2 Å². The minimum Gasteiger partial charge on any atom is -0.356 e. The molecule has 1 unspecified atom stereocenters. The summed E-state index contributed by atoms with van der Waals surface area (Å²) in [5, 5.41) is 4.34. The van der Waals surface area contributed by atoms with E-state index < -0.39 is 0 Å². The molecule has 1 atom stereocenters. The van der Waals surface area contributed by atoms with Crippen LogP contribution in [0.25, 0.3) is 11.4 Å². The van der Waals surface area contributed by atoms with Crippen LogP contribution in [0.5, 0.6) is 0 Å². The van der Waals surface area contributed by atoms with Crippen molar-refractivity contribution < 1.29 is 9.53 Å². The van der Waals surface area contributed by atoms with Crippen molar-refractivity contribution >= 4 is 6.29 Å². The van der Waals surface area contributed by atoms with E-state index in [1.54, 1.807) is 18.5 Å². The van der Waals surface area contributed by atoms with Gasteiger partial charge in [0.1, 0.15) is 0 Å². The van der Waals surface area contributed by atoms with Crippen LogP contribution in [0.3, 0.4) is 0 Å². The molecule has 0 aliphatic carbocycles. The zero-order chi connectivity index (χ0) is 13.1. The van der Waals surface area contributed by atoms with Crippen LogP contribution in [0.4, 0.5) is 0 Å². The number of rotatable bonds is 3. The van der Waals surface area contributed by atoms with Crippen LogP contribution in [0.1, 0.15) is 35.8 Å². The van der Waals surface area contributed by atoms with Gasteiger partial charge in [-0.05, 0) is 37.5 Å². The molecule has 5 heteroatoms. The maximum atomic E-state index is 10.6. The number of carbonyl (C=O) groups excluding carboxylic acids is 1. The molecule has 0 radical (unpaired) electrons. The Morgan fingerprint density at radius 1 is 1.32 bits per heavy atom. The van der Waals surface area contributed by atoms with Crippen LogP contribution < -0.4 is 0 Å². The van der Waals surface area contributed by atoms with E-state index in [0.717, 1.165) is 43.5 Å². The number of ether oxygens (including phenoxy) is 1. The topological polar surface area (TPSA) is 57.0 Å². The van der Waals surface area contributed by atoms with Crippen LogP contribution in [-0.4, -0.2) is 27.7 Å². The van der Waals surface area contributed by atoms with Gasteiger partial charge in [0.15, 0.2) is 12.5 Å². The first-order valence-corrected chi connectivity index (χ1v) is 6.45. The van der Waals surface area contributed by atoms with Crippen molar-refractivity contribution in [2.45, 2.75) is 25.5 Å². The molecule has 3 heterocycles. The third-order valence-corrected chi connectivity index (χ3v) is 3.28. The summed E-state index contributed by atoms with van der Waals surface area (Å²) in [5.41, 5.74) is 2.30. The van der Waals surface area contributed by atoms with E-state index in [2.05, 4.69) is 10.1 Å². The minimum atomic E-state index is -0.00806. The molecule has 0 spiro atoms. The van der Waals surface area contributed by atoms with E-state index >= 15 is 0 Å². The van der Waals surface area contributed by atoms with Crippen molar-refractivity contribution in [3.63, 3.8) is 0 Å². The summed E-state index contributed by atoms with van der Waals surface area (Å²) in [6.07, 6.45) is 7.34. The summed E-state index contributed by atoms with van der Waals surface area (Å²) in [7, 11) is 0. The van der Waals surface area contributed by atoms with Crippen molar-refractivity contribution in [1.29, 1.82) is 0 Å². The molecule has 0 saturated carbocycles. The van der Waals surface area contributed by atoms with Gasteiger partial charge in [0.2, 0.25) is 0 Å². The van der Waals surface area contributed by atoms with Gasteiger partial charge in [0.25, 0.3) is 0 Å². The number of carbonyl (C=O) groups is 1. The quantitative estimate of drug-likeness (QED) is 0.792. The van der Waals surface area contributed by atoms with Gasteiger partial charge in [-0.1, -0.05) is 0 Å². The van der Waals surface area contributed by atoms with E-state index in [1.807, 2.05) is 16.8 Å². The highest BCUT2D eigenvalue weighted by molar-refractivity contribution is 5.74. The lowest BCUT2D eigenvalue weighted by Crippen LogP contribution is -2.20. The highest BCUT2D eigenvalue weighted by Gasteiger charge is 2.19. The fourth-order valence-electron chi connectivity index (χ4n) is 2.29. The molecule has 0 bridgehead atoms. The summed E-state index contributed by atoms with van der Waals surface area (Å²) in [4.78, 5) is 14.9. The zero-order valence-electron chi connectivity index (χ0n) is 10.5. The highest BCUT2D eigenvalue weighted by Crippen LogP contribution is 2.27. The Balaban J connectivity index is 1.91. The SMILES string of the molecule is O=Cc1ccc(-c2ccnn2C2CCCCO2)nc1. The number of nitrogens with zero attached hydrogens (tertiary/aromatic N) is 3. The number of aromatic nitrogens is 3. The third kappa shape index (κ3) is 2.42. The molecule has 1 aliphatic rings. The van der Waals surface area contributed by atoms with Crippen molar-refractivity contribution in [1.82, 2.24) is 14.8 Å². The predicted molar refractivity (Wildman–Crippen MR) is 69.7 cm³/mol. The van der Waals surface area contributed by atoms with Crippen LogP contribution in [0, 0.1) is 0 Å². The molecule has 5 nitrogen and oxygen atoms in total. The van der Waals surface area contributed by atoms with Gasteiger partial charge in [-0.3, -0.25) is 9.78 Å². The standard InChI is InChI=1S/C14H15N3O2/c18-10-11-4-5-12(15-9-11)13-6-7-16-17(13)14-3-1-2-8-19-14/h4-7,9-10,14H,1-3,8H2. The maximum absolute atomic E-state index is 10.6. The van der Waals surface area contributed by atoms with Crippen LogP contribution in [0.15, 0.2) is 30.6 Å². The molecule has 0 aromatic carbocycles. The van der Waals surface area contributed by atoms with E-state index in [0.29, 0.717) is 5.56 Å². The Morgan fingerprint density at radius 3 is 2.95 bits per heavy atom. The lowest BCUT2D eigenvalue weighted by Gasteiger charge is -2.24. The summed E-state index contributed by atoms with van der Waals surface area (Å²) >= 11 is 0. The van der Waals surface area contributed by atoms with Crippen molar-refractivity contribution in [2.75, 3.05) is 6.61 Å². The number of hydrogen-bond acceptors (Lipinski definition) is 4. The second kappa shape index (κ2) is 5.32. The Morgan fingerprint density at radius 2 is 2.26 bits per heavy atom. The van der Waals surface area contributed by atoms with Gasteiger partial charge in [-0.15, -0.1) is 0 Å². The van der Waals surface area contributed by atoms with Crippen molar-refractivity contribution in [3.8, 4) is 11.4 Å². The first-order valence-electron chi connectivity index (χ1n) is 6.45. The van der Waals surface area contributed by atoms with E-state index in [4.69, 9.17) is 4.74 Å². The van der Waals surface area contributed by atoms with E-state index in [-0.39, 0.29) is 6.23 Å². The second-order valence-electron chi connectivity index (χ2n) is 4.58. The highest BCUT2D eigenvalue weighted by atomic mass is 16.5. The average molecular weight is 257 g/mol.